The highest BCUT2D eigenvalue weighted by Gasteiger charge is 2.02. The average Bonchev–Trinajstić information content (AvgIpc) is 2.46. The molecule has 0 aliphatic rings. The molecule has 2 rings (SSSR count). The molecular formula is C15H13NO2. The standard InChI is InChI=1S/C15H13NO2/c1-18-15(17)14-6-4-12(5-7-14)2-3-13-8-10-16-11-9-13/h2-11H,1H3. The van der Waals surface area contributed by atoms with E-state index in [2.05, 4.69) is 9.72 Å². The number of ether oxygens (including phenoxy) is 1. The van der Waals surface area contributed by atoms with E-state index in [9.17, 15) is 4.79 Å². The maximum Gasteiger partial charge on any atom is 0.337 e. The van der Waals surface area contributed by atoms with Gasteiger partial charge in [0.25, 0.3) is 0 Å². The van der Waals surface area contributed by atoms with Crippen LogP contribution in [0.25, 0.3) is 12.2 Å². The van der Waals surface area contributed by atoms with Crippen LogP contribution in [0.4, 0.5) is 0 Å². The summed E-state index contributed by atoms with van der Waals surface area (Å²) in [6.45, 7) is 0. The van der Waals surface area contributed by atoms with Crippen LogP contribution in [0.2, 0.25) is 0 Å². The summed E-state index contributed by atoms with van der Waals surface area (Å²) in [5, 5.41) is 0. The molecule has 0 spiro atoms. The molecule has 0 aliphatic heterocycles. The number of pyridine rings is 1. The molecule has 0 bridgehead atoms. The van der Waals surface area contributed by atoms with Gasteiger partial charge in [-0.15, -0.1) is 0 Å². The minimum Gasteiger partial charge on any atom is -0.465 e. The molecule has 90 valence electrons. The summed E-state index contributed by atoms with van der Waals surface area (Å²) in [6.07, 6.45) is 7.48. The third kappa shape index (κ3) is 3.04. The molecule has 1 aromatic heterocycles. The van der Waals surface area contributed by atoms with E-state index in [1.807, 2.05) is 36.4 Å². The van der Waals surface area contributed by atoms with Crippen LogP contribution in [0.3, 0.4) is 0 Å². The summed E-state index contributed by atoms with van der Waals surface area (Å²) < 4.78 is 4.64. The third-order valence-corrected chi connectivity index (χ3v) is 2.51. The van der Waals surface area contributed by atoms with Gasteiger partial charge in [-0.2, -0.15) is 0 Å². The Hall–Kier alpha value is -2.42. The molecule has 2 aromatic rings. The quantitative estimate of drug-likeness (QED) is 0.773. The second-order valence-corrected chi connectivity index (χ2v) is 3.73. The van der Waals surface area contributed by atoms with Crippen LogP contribution in [0, 0.1) is 0 Å². The lowest BCUT2D eigenvalue weighted by atomic mass is 10.1. The zero-order chi connectivity index (χ0) is 12.8. The highest BCUT2D eigenvalue weighted by Crippen LogP contribution is 2.09. The molecule has 0 aliphatic carbocycles. The van der Waals surface area contributed by atoms with E-state index in [1.165, 1.54) is 7.11 Å². The predicted octanol–water partition coefficient (Wildman–Crippen LogP) is 3.04. The molecule has 0 saturated carbocycles. The Bertz CT molecular complexity index is 544. The largest absolute Gasteiger partial charge is 0.465 e. The zero-order valence-corrected chi connectivity index (χ0v) is 10.0. The first kappa shape index (κ1) is 12.0. The van der Waals surface area contributed by atoms with Crippen molar-refractivity contribution >= 4 is 18.1 Å². The van der Waals surface area contributed by atoms with Gasteiger partial charge in [-0.25, -0.2) is 4.79 Å². The molecule has 0 atom stereocenters. The van der Waals surface area contributed by atoms with Gasteiger partial charge < -0.3 is 4.74 Å². The van der Waals surface area contributed by atoms with Gasteiger partial charge in [-0.3, -0.25) is 4.98 Å². The molecule has 0 unspecified atom stereocenters. The van der Waals surface area contributed by atoms with Crippen molar-refractivity contribution in [3.63, 3.8) is 0 Å². The van der Waals surface area contributed by atoms with Gasteiger partial charge in [-0.1, -0.05) is 24.3 Å². The first-order chi connectivity index (χ1) is 8.79. The van der Waals surface area contributed by atoms with Crippen LogP contribution in [0.1, 0.15) is 21.5 Å². The summed E-state index contributed by atoms with van der Waals surface area (Å²) >= 11 is 0. The van der Waals surface area contributed by atoms with Crippen molar-refractivity contribution in [1.82, 2.24) is 4.98 Å². The molecule has 0 N–H and O–H groups in total. The number of hydrogen-bond acceptors (Lipinski definition) is 3. The fourth-order valence-electron chi connectivity index (χ4n) is 1.52. The third-order valence-electron chi connectivity index (χ3n) is 2.51. The minimum absolute atomic E-state index is 0.320. The first-order valence-corrected chi connectivity index (χ1v) is 5.56. The number of aromatic nitrogens is 1. The van der Waals surface area contributed by atoms with E-state index in [0.717, 1.165) is 11.1 Å². The SMILES string of the molecule is COC(=O)c1ccc(C=Cc2ccncc2)cc1. The number of nitrogens with zero attached hydrogens (tertiary/aromatic N) is 1. The van der Waals surface area contributed by atoms with E-state index in [0.29, 0.717) is 5.56 Å². The van der Waals surface area contributed by atoms with Gasteiger partial charge in [-0.05, 0) is 35.4 Å². The zero-order valence-electron chi connectivity index (χ0n) is 10.0. The van der Waals surface area contributed by atoms with Crippen LogP contribution in [-0.4, -0.2) is 18.1 Å². The minimum atomic E-state index is -0.320. The van der Waals surface area contributed by atoms with Crippen LogP contribution in [-0.2, 0) is 4.74 Å². The van der Waals surface area contributed by atoms with E-state index in [-0.39, 0.29) is 5.97 Å². The Morgan fingerprint density at radius 1 is 1.00 bits per heavy atom. The Morgan fingerprint density at radius 2 is 1.56 bits per heavy atom. The molecule has 3 nitrogen and oxygen atoms in total. The van der Waals surface area contributed by atoms with Crippen LogP contribution >= 0.6 is 0 Å². The molecule has 3 heteroatoms. The highest BCUT2D eigenvalue weighted by atomic mass is 16.5. The fraction of sp³-hybridized carbons (Fsp3) is 0.0667. The van der Waals surface area contributed by atoms with E-state index < -0.39 is 0 Å². The monoisotopic (exact) mass is 239 g/mol. The molecule has 0 amide bonds. The van der Waals surface area contributed by atoms with Gasteiger partial charge in [0.05, 0.1) is 12.7 Å². The number of benzene rings is 1. The Kier molecular flexibility index (Phi) is 3.86. The second-order valence-electron chi connectivity index (χ2n) is 3.73. The van der Waals surface area contributed by atoms with Crippen molar-refractivity contribution < 1.29 is 9.53 Å². The van der Waals surface area contributed by atoms with E-state index in [1.54, 1.807) is 24.5 Å². The lowest BCUT2D eigenvalue weighted by Gasteiger charge is -1.99. The summed E-state index contributed by atoms with van der Waals surface area (Å²) in [5.74, 6) is -0.320. The number of hydrogen-bond donors (Lipinski definition) is 0. The van der Waals surface area contributed by atoms with Crippen LogP contribution < -0.4 is 0 Å². The normalized spacial score (nSPS) is 10.5. The van der Waals surface area contributed by atoms with Crippen molar-refractivity contribution in [2.45, 2.75) is 0 Å². The summed E-state index contributed by atoms with van der Waals surface area (Å²) in [6, 6.07) is 11.1. The highest BCUT2D eigenvalue weighted by molar-refractivity contribution is 5.89. The number of carbonyl (C=O) groups excluding carboxylic acids is 1. The van der Waals surface area contributed by atoms with Crippen molar-refractivity contribution in [1.29, 1.82) is 0 Å². The van der Waals surface area contributed by atoms with E-state index >= 15 is 0 Å². The second kappa shape index (κ2) is 5.77. The number of carbonyl (C=O) groups is 1. The van der Waals surface area contributed by atoms with Crippen LogP contribution in [0.5, 0.6) is 0 Å². The molecular weight excluding hydrogens is 226 g/mol. The van der Waals surface area contributed by atoms with Gasteiger partial charge in [0.2, 0.25) is 0 Å². The number of methoxy groups -OCH3 is 1. The molecule has 0 radical (unpaired) electrons. The maximum absolute atomic E-state index is 11.3. The number of rotatable bonds is 3. The molecule has 18 heavy (non-hydrogen) atoms. The van der Waals surface area contributed by atoms with Crippen molar-refractivity contribution in [3.05, 3.63) is 65.5 Å². The van der Waals surface area contributed by atoms with Gasteiger partial charge in [0.1, 0.15) is 0 Å². The lowest BCUT2D eigenvalue weighted by molar-refractivity contribution is 0.0601. The van der Waals surface area contributed by atoms with Crippen LogP contribution in [0.15, 0.2) is 48.8 Å². The smallest absolute Gasteiger partial charge is 0.337 e. The maximum atomic E-state index is 11.3. The Labute approximate surface area is 106 Å². The summed E-state index contributed by atoms with van der Waals surface area (Å²) in [7, 11) is 1.37. The number of esters is 1. The van der Waals surface area contributed by atoms with E-state index in [4.69, 9.17) is 0 Å². The molecule has 1 aromatic carbocycles. The molecule has 0 fully saturated rings. The molecule has 1 heterocycles. The Morgan fingerprint density at radius 3 is 2.11 bits per heavy atom. The summed E-state index contributed by atoms with van der Waals surface area (Å²) in [4.78, 5) is 15.2. The summed E-state index contributed by atoms with van der Waals surface area (Å²) in [5.41, 5.74) is 2.67. The van der Waals surface area contributed by atoms with Crippen molar-refractivity contribution in [2.24, 2.45) is 0 Å². The van der Waals surface area contributed by atoms with Gasteiger partial charge in [0, 0.05) is 12.4 Å². The Balaban J connectivity index is 2.11. The lowest BCUT2D eigenvalue weighted by Crippen LogP contribution is -2.00. The van der Waals surface area contributed by atoms with Gasteiger partial charge in [0.15, 0.2) is 0 Å². The van der Waals surface area contributed by atoms with Crippen molar-refractivity contribution in [3.8, 4) is 0 Å². The average molecular weight is 239 g/mol. The van der Waals surface area contributed by atoms with Gasteiger partial charge >= 0.3 is 5.97 Å². The predicted molar refractivity (Wildman–Crippen MR) is 70.9 cm³/mol. The molecule has 0 saturated heterocycles. The topological polar surface area (TPSA) is 39.2 Å². The fourth-order valence-corrected chi connectivity index (χ4v) is 1.52. The first-order valence-electron chi connectivity index (χ1n) is 5.56. The van der Waals surface area contributed by atoms with Crippen molar-refractivity contribution in [2.75, 3.05) is 7.11 Å².